The largest absolute Gasteiger partial charge is 0.488 e. The SMILES string of the molecule is Fc1ccc(Cc2nnc(NCC3Cc4ccccc4O3)s2)cc1. The summed E-state index contributed by atoms with van der Waals surface area (Å²) in [7, 11) is 0. The van der Waals surface area contributed by atoms with Crippen molar-refractivity contribution in [3.63, 3.8) is 0 Å². The Morgan fingerprint density at radius 1 is 1.12 bits per heavy atom. The summed E-state index contributed by atoms with van der Waals surface area (Å²) in [6.45, 7) is 0.694. The minimum atomic E-state index is -0.226. The first kappa shape index (κ1) is 15.1. The van der Waals surface area contributed by atoms with Gasteiger partial charge in [-0.2, -0.15) is 0 Å². The fraction of sp³-hybridized carbons (Fsp3) is 0.222. The van der Waals surface area contributed by atoms with Gasteiger partial charge in [-0.25, -0.2) is 4.39 Å². The number of anilines is 1. The van der Waals surface area contributed by atoms with E-state index in [0.29, 0.717) is 13.0 Å². The van der Waals surface area contributed by atoms with Crippen LogP contribution in [0.2, 0.25) is 0 Å². The molecule has 1 aliphatic rings. The van der Waals surface area contributed by atoms with Gasteiger partial charge in [0.1, 0.15) is 22.7 Å². The van der Waals surface area contributed by atoms with Crippen molar-refractivity contribution in [3.05, 3.63) is 70.5 Å². The Hall–Kier alpha value is -2.47. The lowest BCUT2D eigenvalue weighted by Crippen LogP contribution is -2.23. The molecule has 1 unspecified atom stereocenters. The van der Waals surface area contributed by atoms with Crippen molar-refractivity contribution in [1.82, 2.24) is 10.2 Å². The third-order valence-electron chi connectivity index (χ3n) is 3.93. The Balaban J connectivity index is 1.32. The molecule has 122 valence electrons. The van der Waals surface area contributed by atoms with Crippen LogP contribution in [-0.4, -0.2) is 22.8 Å². The molecule has 2 heterocycles. The second-order valence-electron chi connectivity index (χ2n) is 5.74. The molecule has 1 aromatic heterocycles. The van der Waals surface area contributed by atoms with Gasteiger partial charge < -0.3 is 10.1 Å². The highest BCUT2D eigenvalue weighted by atomic mass is 32.1. The summed E-state index contributed by atoms with van der Waals surface area (Å²) in [4.78, 5) is 0. The molecule has 6 heteroatoms. The third-order valence-corrected chi connectivity index (χ3v) is 4.81. The zero-order valence-electron chi connectivity index (χ0n) is 12.9. The Morgan fingerprint density at radius 2 is 1.96 bits per heavy atom. The Bertz CT molecular complexity index is 809. The van der Waals surface area contributed by atoms with Crippen LogP contribution in [0.3, 0.4) is 0 Å². The molecular weight excluding hydrogens is 325 g/mol. The van der Waals surface area contributed by atoms with Crippen molar-refractivity contribution < 1.29 is 9.13 Å². The van der Waals surface area contributed by atoms with Crippen LogP contribution in [0.25, 0.3) is 0 Å². The maximum absolute atomic E-state index is 12.9. The number of nitrogens with zero attached hydrogens (tertiary/aromatic N) is 2. The number of hydrogen-bond donors (Lipinski definition) is 1. The van der Waals surface area contributed by atoms with Crippen molar-refractivity contribution in [3.8, 4) is 5.75 Å². The van der Waals surface area contributed by atoms with E-state index in [1.54, 1.807) is 12.1 Å². The average Bonchev–Trinajstić information content (AvgIpc) is 3.21. The van der Waals surface area contributed by atoms with Gasteiger partial charge in [0.25, 0.3) is 0 Å². The molecule has 4 rings (SSSR count). The maximum atomic E-state index is 12.9. The minimum absolute atomic E-state index is 0.117. The highest BCUT2D eigenvalue weighted by Crippen LogP contribution is 2.28. The predicted molar refractivity (Wildman–Crippen MR) is 92.2 cm³/mol. The molecule has 0 saturated heterocycles. The number of hydrogen-bond acceptors (Lipinski definition) is 5. The second-order valence-corrected chi connectivity index (χ2v) is 6.80. The third kappa shape index (κ3) is 3.38. The molecular formula is C18H16FN3OS. The summed E-state index contributed by atoms with van der Waals surface area (Å²) in [5.74, 6) is 0.745. The van der Waals surface area contributed by atoms with Gasteiger partial charge in [0.2, 0.25) is 5.13 Å². The molecule has 4 nitrogen and oxygen atoms in total. The van der Waals surface area contributed by atoms with E-state index in [1.807, 2.05) is 18.2 Å². The van der Waals surface area contributed by atoms with E-state index in [9.17, 15) is 4.39 Å². The van der Waals surface area contributed by atoms with E-state index in [4.69, 9.17) is 4.74 Å². The molecule has 0 bridgehead atoms. The van der Waals surface area contributed by atoms with Crippen LogP contribution in [-0.2, 0) is 12.8 Å². The first-order valence-electron chi connectivity index (χ1n) is 7.81. The van der Waals surface area contributed by atoms with E-state index >= 15 is 0 Å². The van der Waals surface area contributed by atoms with Crippen LogP contribution in [0, 0.1) is 5.82 Å². The molecule has 3 aromatic rings. The van der Waals surface area contributed by atoms with E-state index in [1.165, 1.54) is 29.0 Å². The normalized spacial score (nSPS) is 15.8. The number of halogens is 1. The number of ether oxygens (including phenoxy) is 1. The van der Waals surface area contributed by atoms with Crippen LogP contribution in [0.1, 0.15) is 16.1 Å². The van der Waals surface area contributed by atoms with Gasteiger partial charge in [0.15, 0.2) is 0 Å². The topological polar surface area (TPSA) is 47.0 Å². The highest BCUT2D eigenvalue weighted by molar-refractivity contribution is 7.15. The van der Waals surface area contributed by atoms with Gasteiger partial charge in [-0.3, -0.25) is 0 Å². The number of aromatic nitrogens is 2. The molecule has 0 aliphatic carbocycles. The number of nitrogens with one attached hydrogen (secondary N) is 1. The van der Waals surface area contributed by atoms with Crippen molar-refractivity contribution in [2.24, 2.45) is 0 Å². The predicted octanol–water partition coefficient (Wildman–Crippen LogP) is 3.68. The number of para-hydroxylation sites is 1. The monoisotopic (exact) mass is 341 g/mol. The zero-order chi connectivity index (χ0) is 16.4. The maximum Gasteiger partial charge on any atom is 0.205 e. The van der Waals surface area contributed by atoms with E-state index in [0.717, 1.165) is 27.9 Å². The van der Waals surface area contributed by atoms with Gasteiger partial charge >= 0.3 is 0 Å². The molecule has 24 heavy (non-hydrogen) atoms. The van der Waals surface area contributed by atoms with Crippen LogP contribution < -0.4 is 10.1 Å². The minimum Gasteiger partial charge on any atom is -0.488 e. The van der Waals surface area contributed by atoms with Gasteiger partial charge in [0, 0.05) is 12.8 Å². The number of fused-ring (bicyclic) bond motifs is 1. The van der Waals surface area contributed by atoms with Crippen molar-refractivity contribution in [2.45, 2.75) is 18.9 Å². The lowest BCUT2D eigenvalue weighted by molar-refractivity contribution is 0.246. The molecule has 0 fully saturated rings. The first-order valence-corrected chi connectivity index (χ1v) is 8.63. The van der Waals surface area contributed by atoms with Gasteiger partial charge in [-0.15, -0.1) is 10.2 Å². The molecule has 0 amide bonds. The molecule has 0 radical (unpaired) electrons. The molecule has 1 N–H and O–H groups in total. The standard InChI is InChI=1S/C18H16FN3OS/c19-14-7-5-12(6-8-14)9-17-21-22-18(24-17)20-11-15-10-13-3-1-2-4-16(13)23-15/h1-8,15H,9-11H2,(H,20,22). The van der Waals surface area contributed by atoms with Gasteiger partial charge in [-0.05, 0) is 29.3 Å². The summed E-state index contributed by atoms with van der Waals surface area (Å²) in [5.41, 5.74) is 2.27. The van der Waals surface area contributed by atoms with E-state index in [2.05, 4.69) is 21.6 Å². The lowest BCUT2D eigenvalue weighted by Gasteiger charge is -2.10. The van der Waals surface area contributed by atoms with Crippen molar-refractivity contribution >= 4 is 16.5 Å². The lowest BCUT2D eigenvalue weighted by atomic mass is 10.1. The van der Waals surface area contributed by atoms with Crippen LogP contribution in [0.5, 0.6) is 5.75 Å². The quantitative estimate of drug-likeness (QED) is 0.769. The Labute approximate surface area is 143 Å². The van der Waals surface area contributed by atoms with Crippen LogP contribution in [0.15, 0.2) is 48.5 Å². The van der Waals surface area contributed by atoms with E-state index < -0.39 is 0 Å². The molecule has 1 aliphatic heterocycles. The Morgan fingerprint density at radius 3 is 2.79 bits per heavy atom. The highest BCUT2D eigenvalue weighted by Gasteiger charge is 2.22. The second kappa shape index (κ2) is 6.57. The fourth-order valence-electron chi connectivity index (χ4n) is 2.74. The summed E-state index contributed by atoms with van der Waals surface area (Å²) in [5, 5.41) is 13.3. The summed E-state index contributed by atoms with van der Waals surface area (Å²) in [6, 6.07) is 14.6. The number of benzene rings is 2. The molecule has 0 spiro atoms. The van der Waals surface area contributed by atoms with E-state index in [-0.39, 0.29) is 11.9 Å². The van der Waals surface area contributed by atoms with Crippen molar-refractivity contribution in [1.29, 1.82) is 0 Å². The average molecular weight is 341 g/mol. The summed E-state index contributed by atoms with van der Waals surface area (Å²) >= 11 is 1.52. The molecule has 0 saturated carbocycles. The summed E-state index contributed by atoms with van der Waals surface area (Å²) < 4.78 is 18.8. The molecule has 1 atom stereocenters. The Kier molecular flexibility index (Phi) is 4.13. The van der Waals surface area contributed by atoms with Gasteiger partial charge in [-0.1, -0.05) is 41.7 Å². The van der Waals surface area contributed by atoms with Crippen LogP contribution in [0.4, 0.5) is 9.52 Å². The smallest absolute Gasteiger partial charge is 0.205 e. The summed E-state index contributed by atoms with van der Waals surface area (Å²) in [6.07, 6.45) is 1.68. The van der Waals surface area contributed by atoms with Crippen molar-refractivity contribution in [2.75, 3.05) is 11.9 Å². The molecule has 2 aromatic carbocycles. The fourth-order valence-corrected chi connectivity index (χ4v) is 3.52. The zero-order valence-corrected chi connectivity index (χ0v) is 13.7. The van der Waals surface area contributed by atoms with Crippen LogP contribution >= 0.6 is 11.3 Å². The first-order chi connectivity index (χ1) is 11.8. The van der Waals surface area contributed by atoms with Gasteiger partial charge in [0.05, 0.1) is 6.54 Å². The number of rotatable bonds is 5.